The molecule has 0 aliphatic heterocycles. The second kappa shape index (κ2) is 11.4. The van der Waals surface area contributed by atoms with Gasteiger partial charge in [0.05, 0.1) is 21.9 Å². The molecule has 0 aliphatic carbocycles. The Morgan fingerprint density at radius 3 is 2.43 bits per heavy atom. The predicted molar refractivity (Wildman–Crippen MR) is 148 cm³/mol. The summed E-state index contributed by atoms with van der Waals surface area (Å²) in [5.41, 5.74) is 5.27. The van der Waals surface area contributed by atoms with Crippen LogP contribution in [0.4, 0.5) is 0 Å². The molecule has 37 heavy (non-hydrogen) atoms. The fourth-order valence-corrected chi connectivity index (χ4v) is 5.19. The standard InChI is InChI=1S/C29H31Cl2N3O3/c1-18(2)23-16-32-34(28-24(30)7-5-8-25(28)31)27(23)17-37-21-10-11-22(20(4)15-21)19(3)12-14-33-13-6-9-26(33)29(35)36/h5-11,13,15-16,18-19H,12,14,17H2,1-4H3,(H,35,36). The second-order valence-corrected chi connectivity index (χ2v) is 10.4. The molecule has 4 aromatic rings. The average Bonchev–Trinajstić information content (AvgIpc) is 3.48. The molecular weight excluding hydrogens is 509 g/mol. The van der Waals surface area contributed by atoms with Crippen molar-refractivity contribution in [1.29, 1.82) is 0 Å². The molecule has 2 aromatic heterocycles. The summed E-state index contributed by atoms with van der Waals surface area (Å²) in [5.74, 6) is 0.365. The van der Waals surface area contributed by atoms with Gasteiger partial charge in [0.2, 0.25) is 0 Å². The second-order valence-electron chi connectivity index (χ2n) is 9.57. The Labute approximate surface area is 227 Å². The van der Waals surface area contributed by atoms with Gasteiger partial charge >= 0.3 is 5.97 Å². The van der Waals surface area contributed by atoms with Crippen LogP contribution in [0.15, 0.2) is 60.9 Å². The first-order valence-electron chi connectivity index (χ1n) is 12.3. The number of ether oxygens (including phenoxy) is 1. The minimum absolute atomic E-state index is 0.250. The zero-order chi connectivity index (χ0) is 26.7. The van der Waals surface area contributed by atoms with Crippen molar-refractivity contribution in [2.75, 3.05) is 0 Å². The molecule has 0 aliphatic rings. The highest BCUT2D eigenvalue weighted by atomic mass is 35.5. The van der Waals surface area contributed by atoms with Crippen molar-refractivity contribution in [1.82, 2.24) is 14.3 Å². The van der Waals surface area contributed by atoms with E-state index in [0.29, 0.717) is 34.6 Å². The minimum Gasteiger partial charge on any atom is -0.487 e. The molecule has 1 atom stereocenters. The normalized spacial score (nSPS) is 12.2. The molecule has 2 aromatic carbocycles. The van der Waals surface area contributed by atoms with E-state index in [1.165, 1.54) is 5.56 Å². The first-order chi connectivity index (χ1) is 17.7. The molecule has 0 amide bonds. The molecule has 0 bridgehead atoms. The van der Waals surface area contributed by atoms with Crippen LogP contribution < -0.4 is 4.74 Å². The van der Waals surface area contributed by atoms with Gasteiger partial charge in [-0.1, -0.05) is 56.1 Å². The summed E-state index contributed by atoms with van der Waals surface area (Å²) < 4.78 is 9.80. The Balaban J connectivity index is 1.50. The van der Waals surface area contributed by atoms with Gasteiger partial charge in [-0.05, 0) is 78.3 Å². The first-order valence-corrected chi connectivity index (χ1v) is 13.1. The zero-order valence-electron chi connectivity index (χ0n) is 21.4. The monoisotopic (exact) mass is 539 g/mol. The molecular formula is C29H31Cl2N3O3. The van der Waals surface area contributed by atoms with E-state index in [0.717, 1.165) is 29.0 Å². The largest absolute Gasteiger partial charge is 0.487 e. The van der Waals surface area contributed by atoms with Gasteiger partial charge in [0.15, 0.2) is 0 Å². The maximum absolute atomic E-state index is 11.4. The maximum Gasteiger partial charge on any atom is 0.352 e. The van der Waals surface area contributed by atoms with E-state index >= 15 is 0 Å². The van der Waals surface area contributed by atoms with Crippen molar-refractivity contribution < 1.29 is 14.6 Å². The van der Waals surface area contributed by atoms with Crippen LogP contribution in [-0.4, -0.2) is 25.4 Å². The summed E-state index contributed by atoms with van der Waals surface area (Å²) in [7, 11) is 0. The molecule has 2 heterocycles. The van der Waals surface area contributed by atoms with Gasteiger partial charge in [0.25, 0.3) is 0 Å². The van der Waals surface area contributed by atoms with Gasteiger partial charge < -0.3 is 14.4 Å². The summed E-state index contributed by atoms with van der Waals surface area (Å²) in [6.07, 6.45) is 4.48. The summed E-state index contributed by atoms with van der Waals surface area (Å²) in [6.45, 7) is 9.42. The number of hydrogen-bond acceptors (Lipinski definition) is 3. The summed E-state index contributed by atoms with van der Waals surface area (Å²) in [4.78, 5) is 11.4. The number of hydrogen-bond donors (Lipinski definition) is 1. The Hall–Kier alpha value is -3.22. The number of carboxylic acid groups (broad SMARTS) is 1. The van der Waals surface area contributed by atoms with Gasteiger partial charge in [0, 0.05) is 12.7 Å². The Morgan fingerprint density at radius 2 is 1.78 bits per heavy atom. The fourth-order valence-electron chi connectivity index (χ4n) is 4.63. The molecule has 194 valence electrons. The molecule has 0 radical (unpaired) electrons. The van der Waals surface area contributed by atoms with Gasteiger partial charge in [-0.25, -0.2) is 9.48 Å². The number of carbonyl (C=O) groups is 1. The summed E-state index contributed by atoms with van der Waals surface area (Å²) in [5, 5.41) is 15.0. The summed E-state index contributed by atoms with van der Waals surface area (Å²) in [6, 6.07) is 14.9. The molecule has 0 saturated carbocycles. The molecule has 0 fully saturated rings. The molecule has 0 saturated heterocycles. The number of aromatic nitrogens is 3. The van der Waals surface area contributed by atoms with Crippen LogP contribution in [0.2, 0.25) is 10.0 Å². The lowest BCUT2D eigenvalue weighted by Crippen LogP contribution is -2.10. The van der Waals surface area contributed by atoms with E-state index < -0.39 is 5.97 Å². The highest BCUT2D eigenvalue weighted by Gasteiger charge is 2.20. The lowest BCUT2D eigenvalue weighted by atomic mass is 9.93. The third-order valence-electron chi connectivity index (χ3n) is 6.67. The molecule has 1 N–H and O–H groups in total. The minimum atomic E-state index is -0.908. The maximum atomic E-state index is 11.4. The van der Waals surface area contributed by atoms with Gasteiger partial charge in [-0.3, -0.25) is 0 Å². The highest BCUT2D eigenvalue weighted by molar-refractivity contribution is 6.37. The third-order valence-corrected chi connectivity index (χ3v) is 7.28. The Morgan fingerprint density at radius 1 is 1.05 bits per heavy atom. The van der Waals surface area contributed by atoms with E-state index in [2.05, 4.69) is 38.9 Å². The van der Waals surface area contributed by atoms with Crippen molar-refractivity contribution in [3.63, 3.8) is 0 Å². The fraction of sp³-hybridized carbons (Fsp3) is 0.310. The number of halogens is 2. The lowest BCUT2D eigenvalue weighted by molar-refractivity contribution is 0.0684. The number of nitrogens with zero attached hydrogens (tertiary/aromatic N) is 3. The van der Waals surface area contributed by atoms with E-state index in [4.69, 9.17) is 27.9 Å². The number of rotatable bonds is 10. The zero-order valence-corrected chi connectivity index (χ0v) is 22.9. The van der Waals surface area contributed by atoms with E-state index in [1.54, 1.807) is 33.5 Å². The molecule has 1 unspecified atom stereocenters. The van der Waals surface area contributed by atoms with Crippen LogP contribution in [0.1, 0.15) is 71.9 Å². The average molecular weight is 540 g/mol. The number of aryl methyl sites for hydroxylation is 2. The molecule has 0 spiro atoms. The topological polar surface area (TPSA) is 69.3 Å². The van der Waals surface area contributed by atoms with E-state index in [9.17, 15) is 9.90 Å². The smallest absolute Gasteiger partial charge is 0.352 e. The molecule has 6 nitrogen and oxygen atoms in total. The third kappa shape index (κ3) is 5.86. The predicted octanol–water partition coefficient (Wildman–Crippen LogP) is 7.88. The number of carboxylic acids is 1. The van der Waals surface area contributed by atoms with E-state index in [-0.39, 0.29) is 11.8 Å². The van der Waals surface area contributed by atoms with Gasteiger partial charge in [-0.2, -0.15) is 5.10 Å². The Bertz CT molecular complexity index is 1390. The van der Waals surface area contributed by atoms with Crippen LogP contribution in [0.3, 0.4) is 0 Å². The van der Waals surface area contributed by atoms with Crippen molar-refractivity contribution >= 4 is 29.2 Å². The van der Waals surface area contributed by atoms with Crippen LogP contribution in [0, 0.1) is 6.92 Å². The van der Waals surface area contributed by atoms with Crippen LogP contribution in [0.5, 0.6) is 5.75 Å². The van der Waals surface area contributed by atoms with Gasteiger partial charge in [0.1, 0.15) is 23.7 Å². The molecule has 4 rings (SSSR count). The summed E-state index contributed by atoms with van der Waals surface area (Å²) >= 11 is 13.0. The van der Waals surface area contributed by atoms with Crippen LogP contribution >= 0.6 is 23.2 Å². The van der Waals surface area contributed by atoms with Crippen molar-refractivity contribution in [3.8, 4) is 11.4 Å². The molecule has 8 heteroatoms. The van der Waals surface area contributed by atoms with Crippen LogP contribution in [0.25, 0.3) is 5.69 Å². The quantitative estimate of drug-likeness (QED) is 0.222. The first kappa shape index (κ1) is 26.8. The Kier molecular flexibility index (Phi) is 8.30. The SMILES string of the molecule is Cc1cc(OCc2c(C(C)C)cnn2-c2c(Cl)cccc2Cl)ccc1C(C)CCn1cccc1C(=O)O. The van der Waals surface area contributed by atoms with Crippen molar-refractivity contribution in [3.05, 3.63) is 99.0 Å². The highest BCUT2D eigenvalue weighted by Crippen LogP contribution is 2.32. The number of para-hydroxylation sites is 1. The van der Waals surface area contributed by atoms with Crippen molar-refractivity contribution in [2.45, 2.75) is 59.1 Å². The van der Waals surface area contributed by atoms with Gasteiger partial charge in [-0.15, -0.1) is 0 Å². The van der Waals surface area contributed by atoms with E-state index in [1.807, 2.05) is 30.6 Å². The lowest BCUT2D eigenvalue weighted by Gasteiger charge is -2.18. The van der Waals surface area contributed by atoms with Crippen LogP contribution in [-0.2, 0) is 13.2 Å². The number of benzene rings is 2. The van der Waals surface area contributed by atoms with Crippen molar-refractivity contribution in [2.24, 2.45) is 0 Å². The number of aromatic carboxylic acids is 1.